The predicted molar refractivity (Wildman–Crippen MR) is 124 cm³/mol. The number of rotatable bonds is 8. The van der Waals surface area contributed by atoms with Crippen molar-refractivity contribution in [3.8, 4) is 0 Å². The molecule has 3 aromatic rings. The minimum atomic E-state index is -4.40. The maximum atomic E-state index is 15.1. The van der Waals surface area contributed by atoms with Crippen molar-refractivity contribution in [1.82, 2.24) is 19.4 Å². The molecule has 0 atom stereocenters. The third kappa shape index (κ3) is 5.72. The van der Waals surface area contributed by atoms with Crippen molar-refractivity contribution in [3.05, 3.63) is 53.7 Å². The summed E-state index contributed by atoms with van der Waals surface area (Å²) in [4.78, 5) is 23.6. The Morgan fingerprint density at radius 2 is 1.86 bits per heavy atom. The van der Waals surface area contributed by atoms with Crippen molar-refractivity contribution in [2.75, 3.05) is 31.1 Å². The van der Waals surface area contributed by atoms with E-state index in [9.17, 15) is 18.0 Å². The summed E-state index contributed by atoms with van der Waals surface area (Å²) in [5.74, 6) is -0.0672. The number of nitrogens with two attached hydrogens (primary N) is 1. The zero-order chi connectivity index (χ0) is 25.2. The summed E-state index contributed by atoms with van der Waals surface area (Å²) >= 11 is 0. The van der Waals surface area contributed by atoms with E-state index in [1.165, 1.54) is 24.7 Å². The number of fused-ring (bicyclic) bond motifs is 1. The van der Waals surface area contributed by atoms with Gasteiger partial charge >= 0.3 is 6.18 Å². The molecule has 1 amide bonds. The number of piperidine rings is 1. The lowest BCUT2D eigenvalue weighted by atomic mass is 9.96. The first-order valence-corrected chi connectivity index (χ1v) is 11.6. The normalized spacial score (nSPS) is 15.6. The lowest BCUT2D eigenvalue weighted by molar-refractivity contribution is -0.137. The molecular formula is C24H28F4N6O. The number of amides is 1. The zero-order valence-corrected chi connectivity index (χ0v) is 19.4. The van der Waals surface area contributed by atoms with E-state index in [-0.39, 0.29) is 19.0 Å². The lowest BCUT2D eigenvalue weighted by Gasteiger charge is -2.31. The second kappa shape index (κ2) is 10.2. The lowest BCUT2D eigenvalue weighted by Crippen LogP contribution is -2.40. The fraction of sp³-hybridized carbons (Fsp3) is 0.458. The third-order valence-electron chi connectivity index (χ3n) is 6.46. The van der Waals surface area contributed by atoms with E-state index in [4.69, 9.17) is 5.73 Å². The van der Waals surface area contributed by atoms with Crippen LogP contribution in [0.2, 0.25) is 0 Å². The van der Waals surface area contributed by atoms with Crippen LogP contribution in [0.3, 0.4) is 0 Å². The standard InChI is InChI=1S/C24H28F4N6O/c1-2-33(11-16-3-5-18(6-4-16)24(26,27)28)22-21-19(25)13-34(23(21)31-15-30-22)12-17-7-9-32(10-8-17)14-20(29)35/h3-6,13,15,17H,2,7-12,14H2,1H3,(H2,29,35). The van der Waals surface area contributed by atoms with Crippen LogP contribution >= 0.6 is 0 Å². The Labute approximate surface area is 200 Å². The van der Waals surface area contributed by atoms with Gasteiger partial charge in [-0.15, -0.1) is 0 Å². The van der Waals surface area contributed by atoms with Gasteiger partial charge in [0.25, 0.3) is 0 Å². The molecule has 1 saturated heterocycles. The predicted octanol–water partition coefficient (Wildman–Crippen LogP) is 3.81. The van der Waals surface area contributed by atoms with Gasteiger partial charge in [0.15, 0.2) is 5.82 Å². The molecule has 35 heavy (non-hydrogen) atoms. The van der Waals surface area contributed by atoms with Gasteiger partial charge in [-0.1, -0.05) is 12.1 Å². The van der Waals surface area contributed by atoms with Crippen LogP contribution in [-0.2, 0) is 24.1 Å². The van der Waals surface area contributed by atoms with Gasteiger partial charge in [-0.3, -0.25) is 9.69 Å². The molecule has 0 aliphatic carbocycles. The van der Waals surface area contributed by atoms with Gasteiger partial charge in [0.1, 0.15) is 17.8 Å². The van der Waals surface area contributed by atoms with Gasteiger partial charge in [-0.2, -0.15) is 13.2 Å². The summed E-state index contributed by atoms with van der Waals surface area (Å²) in [6.07, 6.45) is 0.151. The third-order valence-corrected chi connectivity index (χ3v) is 6.46. The summed E-state index contributed by atoms with van der Waals surface area (Å²) in [7, 11) is 0. The molecule has 0 bridgehead atoms. The van der Waals surface area contributed by atoms with Gasteiger partial charge in [-0.05, 0) is 56.5 Å². The highest BCUT2D eigenvalue weighted by molar-refractivity contribution is 5.88. The van der Waals surface area contributed by atoms with Gasteiger partial charge in [0.05, 0.1) is 17.5 Å². The molecule has 1 aliphatic rings. The van der Waals surface area contributed by atoms with Crippen molar-refractivity contribution in [2.45, 2.75) is 39.0 Å². The highest BCUT2D eigenvalue weighted by Crippen LogP contribution is 2.32. The Kier molecular flexibility index (Phi) is 7.25. The number of carbonyl (C=O) groups is 1. The zero-order valence-electron chi connectivity index (χ0n) is 19.4. The smallest absolute Gasteiger partial charge is 0.369 e. The molecule has 0 saturated carbocycles. The van der Waals surface area contributed by atoms with Crippen LogP contribution in [-0.4, -0.2) is 51.5 Å². The van der Waals surface area contributed by atoms with E-state index < -0.39 is 17.6 Å². The number of hydrogen-bond acceptors (Lipinski definition) is 5. The van der Waals surface area contributed by atoms with Crippen LogP contribution in [0.5, 0.6) is 0 Å². The van der Waals surface area contributed by atoms with Gasteiger partial charge < -0.3 is 15.2 Å². The fourth-order valence-electron chi connectivity index (χ4n) is 4.62. The van der Waals surface area contributed by atoms with Gasteiger partial charge in [0.2, 0.25) is 5.91 Å². The molecular weight excluding hydrogens is 464 g/mol. The largest absolute Gasteiger partial charge is 0.416 e. The Morgan fingerprint density at radius 1 is 1.17 bits per heavy atom. The van der Waals surface area contributed by atoms with Crippen molar-refractivity contribution in [3.63, 3.8) is 0 Å². The van der Waals surface area contributed by atoms with E-state index >= 15 is 4.39 Å². The summed E-state index contributed by atoms with van der Waals surface area (Å²) < 4.78 is 55.6. The molecule has 0 spiro atoms. The van der Waals surface area contributed by atoms with Crippen molar-refractivity contribution in [1.29, 1.82) is 0 Å². The van der Waals surface area contributed by atoms with Crippen molar-refractivity contribution >= 4 is 22.8 Å². The number of aromatic nitrogens is 3. The number of primary amides is 1. The Bertz CT molecular complexity index is 1170. The molecule has 2 aromatic heterocycles. The molecule has 3 heterocycles. The second-order valence-corrected chi connectivity index (χ2v) is 8.92. The van der Waals surface area contributed by atoms with Crippen LogP contribution < -0.4 is 10.6 Å². The topological polar surface area (TPSA) is 80.3 Å². The average molecular weight is 493 g/mol. The van der Waals surface area contributed by atoms with E-state index in [1.54, 1.807) is 4.57 Å². The highest BCUT2D eigenvalue weighted by Gasteiger charge is 2.30. The summed E-state index contributed by atoms with van der Waals surface area (Å²) in [6.45, 7) is 4.99. The SMILES string of the molecule is CCN(Cc1ccc(C(F)(F)F)cc1)c1ncnc2c1c(F)cn2CC1CCN(CC(N)=O)CC1. The van der Waals surface area contributed by atoms with Gasteiger partial charge in [-0.25, -0.2) is 14.4 Å². The number of benzene rings is 1. The van der Waals surface area contributed by atoms with Crippen LogP contribution in [0.15, 0.2) is 36.8 Å². The Hall–Kier alpha value is -3.21. The molecule has 7 nitrogen and oxygen atoms in total. The summed E-state index contributed by atoms with van der Waals surface area (Å²) in [5.41, 5.74) is 5.71. The highest BCUT2D eigenvalue weighted by atomic mass is 19.4. The number of carbonyl (C=O) groups excluding carboxylic acids is 1. The first-order valence-electron chi connectivity index (χ1n) is 11.6. The van der Waals surface area contributed by atoms with E-state index in [0.717, 1.165) is 38.1 Å². The first-order chi connectivity index (χ1) is 16.7. The number of alkyl halides is 3. The molecule has 0 unspecified atom stereocenters. The molecule has 1 fully saturated rings. The first kappa shape index (κ1) is 24.9. The number of hydrogen-bond donors (Lipinski definition) is 1. The average Bonchev–Trinajstić information content (AvgIpc) is 3.13. The van der Waals surface area contributed by atoms with Crippen LogP contribution in [0, 0.1) is 11.7 Å². The summed E-state index contributed by atoms with van der Waals surface area (Å²) in [6, 6.07) is 4.95. The fourth-order valence-corrected chi connectivity index (χ4v) is 4.62. The van der Waals surface area contributed by atoms with E-state index in [0.29, 0.717) is 41.4 Å². The van der Waals surface area contributed by atoms with Crippen LogP contribution in [0.4, 0.5) is 23.4 Å². The van der Waals surface area contributed by atoms with Crippen molar-refractivity contribution in [2.24, 2.45) is 11.7 Å². The molecule has 1 aromatic carbocycles. The molecule has 188 valence electrons. The molecule has 11 heteroatoms. The minimum absolute atomic E-state index is 0.246. The molecule has 1 aliphatic heterocycles. The maximum absolute atomic E-state index is 15.1. The van der Waals surface area contributed by atoms with Crippen molar-refractivity contribution < 1.29 is 22.4 Å². The summed E-state index contributed by atoms with van der Waals surface area (Å²) in [5, 5.41) is 0.299. The Balaban J connectivity index is 1.52. The monoisotopic (exact) mass is 492 g/mol. The number of anilines is 1. The quantitative estimate of drug-likeness (QED) is 0.484. The number of halogens is 4. The van der Waals surface area contributed by atoms with Crippen LogP contribution in [0.1, 0.15) is 30.9 Å². The van der Waals surface area contributed by atoms with Gasteiger partial charge in [0, 0.05) is 25.8 Å². The molecule has 0 radical (unpaired) electrons. The maximum Gasteiger partial charge on any atom is 0.416 e. The van der Waals surface area contributed by atoms with E-state index in [2.05, 4.69) is 9.97 Å². The molecule has 2 N–H and O–H groups in total. The number of nitrogens with zero attached hydrogens (tertiary/aromatic N) is 5. The number of likely N-dealkylation sites (tertiary alicyclic amines) is 1. The Morgan fingerprint density at radius 3 is 2.46 bits per heavy atom. The van der Waals surface area contributed by atoms with E-state index in [1.807, 2.05) is 16.7 Å². The molecule has 4 rings (SSSR count). The second-order valence-electron chi connectivity index (χ2n) is 8.92. The minimum Gasteiger partial charge on any atom is -0.369 e. The van der Waals surface area contributed by atoms with Crippen LogP contribution in [0.25, 0.3) is 11.0 Å².